The van der Waals surface area contributed by atoms with E-state index in [9.17, 15) is 23.9 Å². The van der Waals surface area contributed by atoms with Crippen molar-refractivity contribution >= 4 is 23.6 Å². The number of carboxylic acid groups (broad SMARTS) is 1. The van der Waals surface area contributed by atoms with Gasteiger partial charge in [0.05, 0.1) is 17.7 Å². The van der Waals surface area contributed by atoms with Crippen molar-refractivity contribution in [3.05, 3.63) is 68.8 Å². The van der Waals surface area contributed by atoms with Gasteiger partial charge in [0, 0.05) is 31.7 Å². The van der Waals surface area contributed by atoms with E-state index in [0.29, 0.717) is 5.56 Å². The summed E-state index contributed by atoms with van der Waals surface area (Å²) >= 11 is 5.77. The number of hydrogen-bond acceptors (Lipinski definition) is 5. The predicted molar refractivity (Wildman–Crippen MR) is 106 cm³/mol. The second kappa shape index (κ2) is 9.24. The van der Waals surface area contributed by atoms with Crippen molar-refractivity contribution in [3.63, 3.8) is 0 Å². The molecule has 0 unspecified atom stereocenters. The summed E-state index contributed by atoms with van der Waals surface area (Å²) in [5.74, 6) is 3.20. The second-order valence-corrected chi connectivity index (χ2v) is 7.21. The monoisotopic (exact) mass is 438 g/mol. The minimum Gasteiger partial charge on any atom is -0.465 e. The minimum atomic E-state index is -1.13. The first-order valence-electron chi connectivity index (χ1n) is 9.06. The summed E-state index contributed by atoms with van der Waals surface area (Å²) in [5, 5.41) is 9.40. The number of carbonyl (C=O) groups is 2. The van der Waals surface area contributed by atoms with E-state index in [4.69, 9.17) is 22.2 Å². The van der Waals surface area contributed by atoms with Crippen molar-refractivity contribution in [2.24, 2.45) is 11.8 Å². The molecule has 2 heterocycles. The number of nitrogens with two attached hydrogens (primary N) is 1. The van der Waals surface area contributed by atoms with Gasteiger partial charge < -0.3 is 19.3 Å². The molecule has 4 N–H and O–H groups in total. The molecule has 9 nitrogen and oxygen atoms in total. The number of hydrazine groups is 1. The largest absolute Gasteiger partial charge is 0.465 e. The highest BCUT2D eigenvalue weighted by atomic mass is 35.5. The van der Waals surface area contributed by atoms with Crippen LogP contribution in [0.5, 0.6) is 0 Å². The van der Waals surface area contributed by atoms with Gasteiger partial charge in [-0.15, -0.1) is 0 Å². The van der Waals surface area contributed by atoms with Crippen LogP contribution in [0.3, 0.4) is 0 Å². The number of hydrogen-bond donors (Lipinski definition) is 3. The number of nitrogens with one attached hydrogen (secondary N) is 1. The van der Waals surface area contributed by atoms with E-state index in [-0.39, 0.29) is 36.8 Å². The lowest BCUT2D eigenvalue weighted by atomic mass is 9.94. The topological polar surface area (TPSA) is 127 Å². The van der Waals surface area contributed by atoms with Gasteiger partial charge in [-0.1, -0.05) is 17.7 Å². The molecule has 0 radical (unpaired) electrons. The van der Waals surface area contributed by atoms with E-state index in [1.165, 1.54) is 39.9 Å². The zero-order valence-corrected chi connectivity index (χ0v) is 16.5. The first-order chi connectivity index (χ1) is 14.3. The maximum Gasteiger partial charge on any atom is 0.407 e. The van der Waals surface area contributed by atoms with Crippen molar-refractivity contribution in [1.82, 2.24) is 14.9 Å². The lowest BCUT2D eigenvalue weighted by molar-refractivity contribution is 0.0248. The van der Waals surface area contributed by atoms with Crippen molar-refractivity contribution in [2.45, 2.75) is 12.6 Å². The molecule has 160 valence electrons. The number of ether oxygens (including phenoxy) is 1. The zero-order valence-electron chi connectivity index (χ0n) is 15.8. The van der Waals surface area contributed by atoms with Crippen LogP contribution in [-0.4, -0.2) is 46.3 Å². The highest BCUT2D eigenvalue weighted by Crippen LogP contribution is 2.32. The van der Waals surface area contributed by atoms with Gasteiger partial charge in [0.15, 0.2) is 0 Å². The second-order valence-electron chi connectivity index (χ2n) is 6.81. The Morgan fingerprint density at radius 3 is 2.80 bits per heavy atom. The number of nitrogen functional groups attached to an aromatic ring is 1. The molecule has 0 spiro atoms. The van der Waals surface area contributed by atoms with E-state index in [2.05, 4.69) is 0 Å². The van der Waals surface area contributed by atoms with Gasteiger partial charge in [-0.2, -0.15) is 0 Å². The van der Waals surface area contributed by atoms with Gasteiger partial charge in [0.1, 0.15) is 11.4 Å². The van der Waals surface area contributed by atoms with Crippen LogP contribution in [0, 0.1) is 11.7 Å². The Bertz CT molecular complexity index is 1010. The van der Waals surface area contributed by atoms with Crippen molar-refractivity contribution in [1.29, 1.82) is 0 Å². The Hall–Kier alpha value is -2.95. The molecule has 1 aromatic carbocycles. The van der Waals surface area contributed by atoms with Crippen molar-refractivity contribution < 1.29 is 23.8 Å². The fourth-order valence-corrected chi connectivity index (χ4v) is 3.58. The number of pyridine rings is 1. The summed E-state index contributed by atoms with van der Waals surface area (Å²) < 4.78 is 21.2. The maximum absolute atomic E-state index is 14.0. The third-order valence-electron chi connectivity index (χ3n) is 4.91. The molecule has 0 saturated carbocycles. The molecule has 0 bridgehead atoms. The average molecular weight is 439 g/mol. The lowest BCUT2D eigenvalue weighted by Gasteiger charge is -2.27. The first-order valence-corrected chi connectivity index (χ1v) is 9.44. The highest BCUT2D eigenvalue weighted by molar-refractivity contribution is 6.30. The Morgan fingerprint density at radius 2 is 2.13 bits per heavy atom. The summed E-state index contributed by atoms with van der Waals surface area (Å²) in [6.45, 7) is 0.304. The number of nitrogens with zero attached hydrogens (tertiary/aromatic N) is 2. The Labute approximate surface area is 175 Å². The van der Waals surface area contributed by atoms with Gasteiger partial charge in [0.25, 0.3) is 11.5 Å². The van der Waals surface area contributed by atoms with Crippen LogP contribution in [0.2, 0.25) is 5.02 Å². The molecular formula is C19H20ClFN4O5. The average Bonchev–Trinajstić information content (AvgIpc) is 2.94. The van der Waals surface area contributed by atoms with E-state index < -0.39 is 35.4 Å². The molecule has 1 aliphatic heterocycles. The van der Waals surface area contributed by atoms with E-state index in [0.717, 1.165) is 0 Å². The zero-order chi connectivity index (χ0) is 21.8. The molecule has 1 fully saturated rings. The predicted octanol–water partition coefficient (Wildman–Crippen LogP) is 1.61. The molecule has 0 aliphatic carbocycles. The number of amides is 2. The Morgan fingerprint density at radius 1 is 1.37 bits per heavy atom. The van der Waals surface area contributed by atoms with Gasteiger partial charge in [0.2, 0.25) is 0 Å². The third-order valence-corrected chi connectivity index (χ3v) is 5.22. The smallest absolute Gasteiger partial charge is 0.407 e. The van der Waals surface area contributed by atoms with E-state index in [1.807, 2.05) is 5.43 Å². The van der Waals surface area contributed by atoms with Gasteiger partial charge in [-0.05, 0) is 29.8 Å². The summed E-state index contributed by atoms with van der Waals surface area (Å²) in [6, 6.07) is 7.07. The number of halogens is 2. The van der Waals surface area contributed by atoms with E-state index in [1.54, 1.807) is 6.07 Å². The van der Waals surface area contributed by atoms with Crippen LogP contribution in [0.25, 0.3) is 0 Å². The quantitative estimate of drug-likeness (QED) is 0.378. The van der Waals surface area contributed by atoms with Gasteiger partial charge >= 0.3 is 6.09 Å². The molecule has 2 amide bonds. The molecule has 3 rings (SSSR count). The van der Waals surface area contributed by atoms with Crippen molar-refractivity contribution in [3.8, 4) is 0 Å². The van der Waals surface area contributed by atoms with Crippen LogP contribution >= 0.6 is 11.6 Å². The summed E-state index contributed by atoms with van der Waals surface area (Å²) in [5.41, 5.74) is 1.64. The molecule has 1 aliphatic rings. The number of benzene rings is 1. The summed E-state index contributed by atoms with van der Waals surface area (Å²) in [4.78, 5) is 37.2. The Kier molecular flexibility index (Phi) is 6.70. The van der Waals surface area contributed by atoms with E-state index >= 15 is 0 Å². The maximum atomic E-state index is 14.0. The van der Waals surface area contributed by atoms with Crippen LogP contribution < -0.4 is 16.8 Å². The Balaban J connectivity index is 1.99. The van der Waals surface area contributed by atoms with Crippen LogP contribution in [0.4, 0.5) is 9.18 Å². The molecule has 2 aromatic rings. The number of carbonyl (C=O) groups excluding carboxylic acids is 1. The van der Waals surface area contributed by atoms with Crippen LogP contribution in [0.15, 0.2) is 41.3 Å². The molecular weight excluding hydrogens is 419 g/mol. The van der Waals surface area contributed by atoms with Gasteiger partial charge in [-0.25, -0.2) is 15.0 Å². The first kappa shape index (κ1) is 21.8. The number of aromatic nitrogens is 1. The molecule has 2 atom stereocenters. The normalized spacial score (nSPS) is 19.2. The molecule has 1 aromatic heterocycles. The minimum absolute atomic E-state index is 0.0310. The van der Waals surface area contributed by atoms with Crippen LogP contribution in [-0.2, 0) is 11.3 Å². The van der Waals surface area contributed by atoms with Gasteiger partial charge in [-0.3, -0.25) is 15.0 Å². The fourth-order valence-electron chi connectivity index (χ4n) is 3.46. The third kappa shape index (κ3) is 4.61. The van der Waals surface area contributed by atoms with Crippen molar-refractivity contribution in [2.75, 3.05) is 19.7 Å². The SMILES string of the molecule is NNC(=O)c1cccn(C[C@@H]2CN(C(=O)O)CCO[C@H]2c2ccc(Cl)c(F)c2)c1=O. The molecule has 1 saturated heterocycles. The highest BCUT2D eigenvalue weighted by Gasteiger charge is 2.32. The fraction of sp³-hybridized carbons (Fsp3) is 0.316. The molecule has 11 heteroatoms. The molecule has 30 heavy (non-hydrogen) atoms. The standard InChI is InChI=1S/C19H20ClFN4O5/c20-14-4-3-11(8-15(14)21)16-12(10-25(19(28)29)6-7-30-16)9-24-5-1-2-13(18(24)27)17(26)23-22/h1-5,8,12,16H,6-7,9-10,22H2,(H,23,26)(H,28,29)/t12-,16+/m1/s1. The lowest BCUT2D eigenvalue weighted by Crippen LogP contribution is -2.40. The summed E-state index contributed by atoms with van der Waals surface area (Å²) in [7, 11) is 0. The summed E-state index contributed by atoms with van der Waals surface area (Å²) in [6.07, 6.45) is -0.347. The number of rotatable bonds is 4. The van der Waals surface area contributed by atoms with Crippen LogP contribution in [0.1, 0.15) is 22.0 Å².